The van der Waals surface area contributed by atoms with Crippen LogP contribution in [0.4, 0.5) is 0 Å². The van der Waals surface area contributed by atoms with E-state index < -0.39 is 0 Å². The number of rotatable bonds is 5. The summed E-state index contributed by atoms with van der Waals surface area (Å²) in [5.74, 6) is 4.25. The third kappa shape index (κ3) is 3.42. The third-order valence-electron chi connectivity index (χ3n) is 10.2. The van der Waals surface area contributed by atoms with Crippen molar-refractivity contribution < 1.29 is 5.11 Å². The van der Waals surface area contributed by atoms with E-state index in [0.29, 0.717) is 10.8 Å². The molecule has 4 rings (SSSR count). The van der Waals surface area contributed by atoms with Gasteiger partial charge in [0.25, 0.3) is 0 Å². The van der Waals surface area contributed by atoms with E-state index >= 15 is 0 Å². The van der Waals surface area contributed by atoms with Crippen LogP contribution in [-0.2, 0) is 0 Å². The zero-order chi connectivity index (χ0) is 20.1. The molecule has 0 heterocycles. The highest BCUT2D eigenvalue weighted by atomic mass is 16.3. The maximum Gasteiger partial charge on any atom is 0.0543 e. The maximum absolute atomic E-state index is 10.2. The Kier molecular flexibility index (Phi) is 5.80. The van der Waals surface area contributed by atoms with Gasteiger partial charge in [0, 0.05) is 0 Å². The lowest BCUT2D eigenvalue weighted by Gasteiger charge is -2.56. The molecule has 3 saturated carbocycles. The van der Waals surface area contributed by atoms with Gasteiger partial charge in [0.05, 0.1) is 6.10 Å². The molecular weight excluding hydrogens is 340 g/mol. The summed E-state index contributed by atoms with van der Waals surface area (Å²) in [6.07, 6.45) is 16.0. The molecule has 0 aliphatic heterocycles. The molecule has 0 spiro atoms. The van der Waals surface area contributed by atoms with Crippen LogP contribution in [0.5, 0.6) is 0 Å². The first-order chi connectivity index (χ1) is 13.3. The molecule has 28 heavy (non-hydrogen) atoms. The molecule has 0 bridgehead atoms. The van der Waals surface area contributed by atoms with Gasteiger partial charge in [0.2, 0.25) is 0 Å². The minimum absolute atomic E-state index is 0.0244. The average Bonchev–Trinajstić information content (AvgIpc) is 2.99. The van der Waals surface area contributed by atoms with E-state index in [1.54, 1.807) is 0 Å². The maximum atomic E-state index is 10.2. The molecule has 1 unspecified atom stereocenters. The van der Waals surface area contributed by atoms with Crippen LogP contribution in [0.25, 0.3) is 0 Å². The van der Waals surface area contributed by atoms with Crippen LogP contribution >= 0.6 is 0 Å². The summed E-state index contributed by atoms with van der Waals surface area (Å²) in [6.45, 7) is 12.6. The Hall–Kier alpha value is -0.300. The predicted molar refractivity (Wildman–Crippen MR) is 119 cm³/mol. The van der Waals surface area contributed by atoms with Crippen molar-refractivity contribution in [2.45, 2.75) is 118 Å². The van der Waals surface area contributed by atoms with Gasteiger partial charge in [-0.1, -0.05) is 65.0 Å². The number of hydrogen-bond acceptors (Lipinski definition) is 1. The van der Waals surface area contributed by atoms with E-state index in [1.165, 1.54) is 64.2 Å². The Morgan fingerprint density at radius 3 is 2.50 bits per heavy atom. The van der Waals surface area contributed by atoms with Gasteiger partial charge in [-0.05, 0) is 98.2 Å². The van der Waals surface area contributed by atoms with Gasteiger partial charge < -0.3 is 5.11 Å². The topological polar surface area (TPSA) is 20.2 Å². The fourth-order valence-electron chi connectivity index (χ4n) is 8.47. The van der Waals surface area contributed by atoms with Crippen molar-refractivity contribution in [1.82, 2.24) is 0 Å². The molecule has 0 saturated heterocycles. The molecule has 4 aliphatic carbocycles. The van der Waals surface area contributed by atoms with Gasteiger partial charge in [-0.3, -0.25) is 0 Å². The third-order valence-corrected chi connectivity index (χ3v) is 10.2. The first kappa shape index (κ1) is 21.0. The van der Waals surface area contributed by atoms with E-state index in [9.17, 15) is 5.11 Å². The highest BCUT2D eigenvalue weighted by Gasteiger charge is 2.55. The molecule has 3 fully saturated rings. The zero-order valence-electron chi connectivity index (χ0n) is 19.4. The molecule has 0 aromatic rings. The predicted octanol–water partition coefficient (Wildman–Crippen LogP) is 7.53. The first-order valence-corrected chi connectivity index (χ1v) is 12.7. The lowest BCUT2D eigenvalue weighted by Crippen LogP contribution is -2.48. The minimum Gasteiger partial charge on any atom is -0.393 e. The Morgan fingerprint density at radius 1 is 0.964 bits per heavy atom. The molecule has 0 radical (unpaired) electrons. The number of fused-ring (bicyclic) bond motifs is 4. The van der Waals surface area contributed by atoms with Crippen LogP contribution in [0.1, 0.15) is 112 Å². The molecule has 1 N–H and O–H groups in total. The summed E-state index contributed by atoms with van der Waals surface area (Å²) in [4.78, 5) is 0. The summed E-state index contributed by atoms with van der Waals surface area (Å²) in [5, 5.41) is 10.2. The molecule has 0 aromatic carbocycles. The van der Waals surface area contributed by atoms with Crippen LogP contribution in [-0.4, -0.2) is 11.2 Å². The van der Waals surface area contributed by atoms with E-state index in [2.05, 4.69) is 34.6 Å². The summed E-state index contributed by atoms with van der Waals surface area (Å²) >= 11 is 0. The minimum atomic E-state index is -0.0244. The second-order valence-corrected chi connectivity index (χ2v) is 12.1. The van der Waals surface area contributed by atoms with E-state index in [-0.39, 0.29) is 6.10 Å². The lowest BCUT2D eigenvalue weighted by molar-refractivity contribution is -0.0381. The normalized spacial score (nSPS) is 44.2. The van der Waals surface area contributed by atoms with Gasteiger partial charge in [-0.15, -0.1) is 0 Å². The fourth-order valence-corrected chi connectivity index (χ4v) is 8.47. The van der Waals surface area contributed by atoms with E-state index in [0.717, 1.165) is 42.4 Å². The van der Waals surface area contributed by atoms with Crippen LogP contribution in [0, 0.1) is 40.4 Å². The van der Waals surface area contributed by atoms with Gasteiger partial charge in [0.1, 0.15) is 0 Å². The van der Waals surface area contributed by atoms with Gasteiger partial charge >= 0.3 is 0 Å². The average molecular weight is 387 g/mol. The Morgan fingerprint density at radius 2 is 1.75 bits per heavy atom. The highest BCUT2D eigenvalue weighted by molar-refractivity contribution is 5.34. The molecule has 7 atom stereocenters. The molecule has 1 heteroatoms. The van der Waals surface area contributed by atoms with Crippen molar-refractivity contribution in [3.05, 3.63) is 11.1 Å². The number of aliphatic hydroxyl groups is 1. The standard InChI is InChI=1S/C27H46O/c1-18(2)7-6-8-19(3)23-11-12-24-22-10-9-20-17-21(28)13-15-26(20,4)25(22)14-16-27(23,24)5/h18-21,23,25,28H,6-17H2,1-5H3/t19-,20?,21-,23-,25+,26+,27-/m1/s1. The van der Waals surface area contributed by atoms with Crippen LogP contribution < -0.4 is 0 Å². The van der Waals surface area contributed by atoms with Gasteiger partial charge in [-0.2, -0.15) is 0 Å². The van der Waals surface area contributed by atoms with Crippen LogP contribution in [0.2, 0.25) is 0 Å². The van der Waals surface area contributed by atoms with Crippen molar-refractivity contribution >= 4 is 0 Å². The highest BCUT2D eigenvalue weighted by Crippen LogP contribution is 2.65. The van der Waals surface area contributed by atoms with Gasteiger partial charge in [-0.25, -0.2) is 0 Å². The molecule has 0 aromatic heterocycles. The SMILES string of the molecule is CC(C)CCC[C@@H](C)[C@H]1CCC2=C3CCC4C[C@H](O)CC[C@]4(C)[C@H]3CC[C@@]21C. The molecule has 160 valence electrons. The first-order valence-electron chi connectivity index (χ1n) is 12.7. The lowest BCUT2D eigenvalue weighted by atomic mass is 9.49. The van der Waals surface area contributed by atoms with Crippen molar-refractivity contribution in [3.8, 4) is 0 Å². The fraction of sp³-hybridized carbons (Fsp3) is 0.926. The molecule has 0 amide bonds. The summed E-state index contributed by atoms with van der Waals surface area (Å²) in [7, 11) is 0. The summed E-state index contributed by atoms with van der Waals surface area (Å²) < 4.78 is 0. The van der Waals surface area contributed by atoms with Crippen LogP contribution in [0.15, 0.2) is 11.1 Å². The van der Waals surface area contributed by atoms with Crippen molar-refractivity contribution in [1.29, 1.82) is 0 Å². The zero-order valence-corrected chi connectivity index (χ0v) is 19.4. The number of allylic oxidation sites excluding steroid dienone is 2. The Balaban J connectivity index is 1.53. The Bertz CT molecular complexity index is 603. The second-order valence-electron chi connectivity index (χ2n) is 12.1. The Labute approximate surface area is 174 Å². The van der Waals surface area contributed by atoms with Crippen molar-refractivity contribution in [2.75, 3.05) is 0 Å². The molecule has 1 nitrogen and oxygen atoms in total. The quantitative estimate of drug-likeness (QED) is 0.484. The second kappa shape index (κ2) is 7.75. The monoisotopic (exact) mass is 386 g/mol. The van der Waals surface area contributed by atoms with E-state index in [1.807, 2.05) is 11.1 Å². The van der Waals surface area contributed by atoms with Crippen LogP contribution in [0.3, 0.4) is 0 Å². The van der Waals surface area contributed by atoms with E-state index in [4.69, 9.17) is 0 Å². The van der Waals surface area contributed by atoms with Crippen molar-refractivity contribution in [2.24, 2.45) is 40.4 Å². The largest absolute Gasteiger partial charge is 0.393 e. The smallest absolute Gasteiger partial charge is 0.0543 e. The number of aliphatic hydroxyl groups excluding tert-OH is 1. The number of hydrogen-bond donors (Lipinski definition) is 1. The van der Waals surface area contributed by atoms with Gasteiger partial charge in [0.15, 0.2) is 0 Å². The summed E-state index contributed by atoms with van der Waals surface area (Å²) in [6, 6.07) is 0. The molecule has 4 aliphatic rings. The van der Waals surface area contributed by atoms with Crippen molar-refractivity contribution in [3.63, 3.8) is 0 Å². The summed E-state index contributed by atoms with van der Waals surface area (Å²) in [5.41, 5.74) is 4.82. The molecular formula is C27H46O.